The van der Waals surface area contributed by atoms with Gasteiger partial charge >= 0.3 is 0 Å². The zero-order chi connectivity index (χ0) is 17.3. The number of sulfonamides is 1. The van der Waals surface area contributed by atoms with Crippen LogP contribution < -0.4 is 5.32 Å². The molecule has 2 N–H and O–H groups in total. The highest BCUT2D eigenvalue weighted by Crippen LogP contribution is 2.26. The smallest absolute Gasteiger partial charge is 0.243 e. The van der Waals surface area contributed by atoms with E-state index >= 15 is 0 Å². The highest BCUT2D eigenvalue weighted by molar-refractivity contribution is 7.89. The second-order valence-electron chi connectivity index (χ2n) is 6.44. The van der Waals surface area contributed by atoms with Crippen molar-refractivity contribution in [1.29, 1.82) is 0 Å². The van der Waals surface area contributed by atoms with Crippen LogP contribution in [0.3, 0.4) is 0 Å². The normalized spacial score (nSPS) is 22.3. The average molecular weight is 362 g/mol. The number of hydrogen-bond donors (Lipinski definition) is 2. The second kappa shape index (κ2) is 6.87. The van der Waals surface area contributed by atoms with Crippen LogP contribution in [0.2, 0.25) is 0 Å². The van der Waals surface area contributed by atoms with E-state index in [2.05, 4.69) is 21.6 Å². The van der Waals surface area contributed by atoms with Crippen LogP contribution in [0.25, 0.3) is 11.3 Å². The fourth-order valence-corrected chi connectivity index (χ4v) is 4.76. The summed E-state index contributed by atoms with van der Waals surface area (Å²) >= 11 is 0. The summed E-state index contributed by atoms with van der Waals surface area (Å²) in [6.45, 7) is 3.71. The largest absolute Gasteiger partial charge is 0.379 e. The average Bonchev–Trinajstić information content (AvgIpc) is 3.34. The lowest BCUT2D eigenvalue weighted by Gasteiger charge is -2.26. The fraction of sp³-hybridized carbons (Fsp3) is 0.471. The molecule has 2 aromatic rings. The fourth-order valence-electron chi connectivity index (χ4n) is 3.35. The standard InChI is InChI=1S/C17H22N4O3S/c22-25(23,21-7-9-24-10-8-21)15-3-1-13(2-4-15)16-11-17(20-19-16)14-5-6-18-12-14/h1-4,11,14,18H,5-10,12H2,(H,19,20). The predicted molar refractivity (Wildman–Crippen MR) is 93.8 cm³/mol. The maximum Gasteiger partial charge on any atom is 0.243 e. The maximum absolute atomic E-state index is 12.7. The summed E-state index contributed by atoms with van der Waals surface area (Å²) in [5.41, 5.74) is 2.89. The van der Waals surface area contributed by atoms with Gasteiger partial charge in [-0.25, -0.2) is 8.42 Å². The Morgan fingerprint density at radius 1 is 1.16 bits per heavy atom. The van der Waals surface area contributed by atoms with Gasteiger partial charge in [0.2, 0.25) is 10.0 Å². The van der Waals surface area contributed by atoms with E-state index < -0.39 is 10.0 Å². The number of H-pyrrole nitrogens is 1. The Morgan fingerprint density at radius 3 is 2.60 bits per heavy atom. The molecule has 0 aliphatic carbocycles. The molecule has 1 aromatic carbocycles. The molecular weight excluding hydrogens is 340 g/mol. The molecule has 1 unspecified atom stereocenters. The van der Waals surface area contributed by atoms with Crippen LogP contribution in [0.1, 0.15) is 18.0 Å². The van der Waals surface area contributed by atoms with Crippen molar-refractivity contribution in [3.05, 3.63) is 36.0 Å². The predicted octanol–water partition coefficient (Wildman–Crippen LogP) is 1.17. The Kier molecular flexibility index (Phi) is 4.60. The van der Waals surface area contributed by atoms with Crippen molar-refractivity contribution in [2.75, 3.05) is 39.4 Å². The minimum Gasteiger partial charge on any atom is -0.379 e. The van der Waals surface area contributed by atoms with E-state index in [-0.39, 0.29) is 0 Å². The van der Waals surface area contributed by atoms with Gasteiger partial charge in [-0.1, -0.05) is 12.1 Å². The second-order valence-corrected chi connectivity index (χ2v) is 8.38. The summed E-state index contributed by atoms with van der Waals surface area (Å²) in [6.07, 6.45) is 1.11. The van der Waals surface area contributed by atoms with Crippen LogP contribution in [-0.4, -0.2) is 62.3 Å². The van der Waals surface area contributed by atoms with Crippen molar-refractivity contribution in [1.82, 2.24) is 19.8 Å². The number of rotatable bonds is 4. The van der Waals surface area contributed by atoms with Crippen molar-refractivity contribution >= 4 is 10.0 Å². The van der Waals surface area contributed by atoms with E-state index in [0.29, 0.717) is 37.1 Å². The molecule has 134 valence electrons. The quantitative estimate of drug-likeness (QED) is 0.853. The molecule has 4 rings (SSSR count). The van der Waals surface area contributed by atoms with Gasteiger partial charge in [-0.3, -0.25) is 5.10 Å². The van der Waals surface area contributed by atoms with Crippen molar-refractivity contribution in [3.8, 4) is 11.3 Å². The number of aromatic amines is 1. The summed E-state index contributed by atoms with van der Waals surface area (Å²) in [6, 6.07) is 9.01. The van der Waals surface area contributed by atoms with Gasteiger partial charge in [0, 0.05) is 36.8 Å². The lowest BCUT2D eigenvalue weighted by atomic mass is 10.0. The lowest BCUT2D eigenvalue weighted by Crippen LogP contribution is -2.40. The Morgan fingerprint density at radius 2 is 1.92 bits per heavy atom. The number of nitrogens with one attached hydrogen (secondary N) is 2. The molecule has 2 aliphatic heterocycles. The molecule has 1 aromatic heterocycles. The van der Waals surface area contributed by atoms with Crippen LogP contribution in [-0.2, 0) is 14.8 Å². The molecule has 2 fully saturated rings. The summed E-state index contributed by atoms with van der Waals surface area (Å²) in [5.74, 6) is 0.474. The molecule has 0 spiro atoms. The third-order valence-corrected chi connectivity index (χ3v) is 6.77. The van der Waals surface area contributed by atoms with Gasteiger partial charge in [0.15, 0.2) is 0 Å². The highest BCUT2D eigenvalue weighted by atomic mass is 32.2. The first-order chi connectivity index (χ1) is 12.1. The molecule has 0 amide bonds. The van der Waals surface area contributed by atoms with Gasteiger partial charge in [-0.05, 0) is 31.2 Å². The SMILES string of the molecule is O=S(=O)(c1ccc(-c2cc(C3CCNC3)[nH]n2)cc1)N1CCOCC1. The van der Waals surface area contributed by atoms with Gasteiger partial charge < -0.3 is 10.1 Å². The summed E-state index contributed by atoms with van der Waals surface area (Å²) in [7, 11) is -3.45. The third-order valence-electron chi connectivity index (χ3n) is 4.86. The van der Waals surface area contributed by atoms with E-state index in [4.69, 9.17) is 4.74 Å². The Bertz CT molecular complexity index is 820. The van der Waals surface area contributed by atoms with Crippen molar-refractivity contribution < 1.29 is 13.2 Å². The summed E-state index contributed by atoms with van der Waals surface area (Å²) in [4.78, 5) is 0.314. The van der Waals surface area contributed by atoms with Crippen molar-refractivity contribution in [3.63, 3.8) is 0 Å². The number of ether oxygens (including phenoxy) is 1. The molecule has 1 atom stereocenters. The molecule has 3 heterocycles. The Hall–Kier alpha value is -1.74. The van der Waals surface area contributed by atoms with E-state index in [1.54, 1.807) is 12.1 Å². The minimum atomic E-state index is -3.45. The number of benzene rings is 1. The topological polar surface area (TPSA) is 87.3 Å². The van der Waals surface area contributed by atoms with Crippen LogP contribution in [0.4, 0.5) is 0 Å². The Labute approximate surface area is 147 Å². The van der Waals surface area contributed by atoms with Crippen LogP contribution in [0, 0.1) is 0 Å². The summed E-state index contributed by atoms with van der Waals surface area (Å²) < 4.78 is 32.0. The van der Waals surface area contributed by atoms with Crippen LogP contribution in [0.15, 0.2) is 35.2 Å². The molecule has 8 heteroatoms. The zero-order valence-electron chi connectivity index (χ0n) is 13.9. The zero-order valence-corrected chi connectivity index (χ0v) is 14.8. The molecule has 0 saturated carbocycles. The lowest BCUT2D eigenvalue weighted by molar-refractivity contribution is 0.0730. The van der Waals surface area contributed by atoms with Crippen LogP contribution >= 0.6 is 0 Å². The number of aromatic nitrogens is 2. The third kappa shape index (κ3) is 3.35. The Balaban J connectivity index is 1.53. The van der Waals surface area contributed by atoms with E-state index in [1.807, 2.05) is 12.1 Å². The maximum atomic E-state index is 12.7. The van der Waals surface area contributed by atoms with Gasteiger partial charge in [0.1, 0.15) is 0 Å². The first-order valence-corrected chi connectivity index (χ1v) is 10.0. The summed E-state index contributed by atoms with van der Waals surface area (Å²) in [5, 5.41) is 10.8. The van der Waals surface area contributed by atoms with Gasteiger partial charge in [0.25, 0.3) is 0 Å². The van der Waals surface area contributed by atoms with Gasteiger partial charge in [-0.15, -0.1) is 0 Å². The minimum absolute atomic E-state index is 0.314. The molecule has 0 radical (unpaired) electrons. The molecule has 2 saturated heterocycles. The molecule has 2 aliphatic rings. The van der Waals surface area contributed by atoms with E-state index in [0.717, 1.165) is 36.5 Å². The highest BCUT2D eigenvalue weighted by Gasteiger charge is 2.26. The van der Waals surface area contributed by atoms with Crippen LogP contribution in [0.5, 0.6) is 0 Å². The van der Waals surface area contributed by atoms with Gasteiger partial charge in [0.05, 0.1) is 23.8 Å². The molecular formula is C17H22N4O3S. The van der Waals surface area contributed by atoms with Gasteiger partial charge in [-0.2, -0.15) is 9.40 Å². The first kappa shape index (κ1) is 16.7. The van der Waals surface area contributed by atoms with E-state index in [9.17, 15) is 8.42 Å². The van der Waals surface area contributed by atoms with Crippen molar-refractivity contribution in [2.45, 2.75) is 17.2 Å². The number of morpholine rings is 1. The van der Waals surface area contributed by atoms with E-state index in [1.165, 1.54) is 4.31 Å². The first-order valence-electron chi connectivity index (χ1n) is 8.59. The monoisotopic (exact) mass is 362 g/mol. The number of nitrogens with zero attached hydrogens (tertiary/aromatic N) is 2. The molecule has 7 nitrogen and oxygen atoms in total. The molecule has 0 bridgehead atoms. The van der Waals surface area contributed by atoms with Crippen molar-refractivity contribution in [2.24, 2.45) is 0 Å². The molecule has 25 heavy (non-hydrogen) atoms. The number of hydrogen-bond acceptors (Lipinski definition) is 5.